The van der Waals surface area contributed by atoms with Gasteiger partial charge in [-0.25, -0.2) is 0 Å². The highest BCUT2D eigenvalue weighted by Gasteiger charge is 2.46. The molecule has 2 aliphatic rings. The number of nitrogens with one attached hydrogen (secondary N) is 1. The van der Waals surface area contributed by atoms with E-state index in [4.69, 9.17) is 4.74 Å². The number of hydrogen-bond acceptors (Lipinski definition) is 4. The van der Waals surface area contributed by atoms with Crippen LogP contribution in [-0.2, 0) is 4.74 Å². The first-order valence-corrected chi connectivity index (χ1v) is 9.37. The molecule has 2 atom stereocenters. The molecule has 2 aliphatic heterocycles. The van der Waals surface area contributed by atoms with E-state index in [1.54, 1.807) is 0 Å². The van der Waals surface area contributed by atoms with Crippen LogP contribution in [0.4, 0.5) is 0 Å². The Morgan fingerprint density at radius 1 is 1.17 bits per heavy atom. The highest BCUT2D eigenvalue weighted by atomic mass is 16.5. The predicted molar refractivity (Wildman–Crippen MR) is 98.0 cm³/mol. The van der Waals surface area contributed by atoms with Gasteiger partial charge in [0, 0.05) is 43.6 Å². The number of rotatable bonds is 4. The van der Waals surface area contributed by atoms with Crippen molar-refractivity contribution in [3.63, 3.8) is 0 Å². The van der Waals surface area contributed by atoms with Gasteiger partial charge in [-0.15, -0.1) is 0 Å². The zero-order valence-corrected chi connectivity index (χ0v) is 15.9. The number of likely N-dealkylation sites (tertiary alicyclic amines) is 1. The first-order valence-electron chi connectivity index (χ1n) is 9.37. The molecular weight excluding hydrogens is 298 g/mol. The number of hydrogen-bond donors (Lipinski definition) is 1. The molecule has 0 aliphatic carbocycles. The van der Waals surface area contributed by atoms with Gasteiger partial charge in [0.1, 0.15) is 0 Å². The monoisotopic (exact) mass is 331 g/mol. The van der Waals surface area contributed by atoms with Crippen LogP contribution in [0.15, 0.2) is 24.5 Å². The van der Waals surface area contributed by atoms with Crippen LogP contribution < -0.4 is 5.32 Å². The molecule has 3 heterocycles. The minimum Gasteiger partial charge on any atom is -0.368 e. The molecule has 1 aromatic rings. The quantitative estimate of drug-likeness (QED) is 0.916. The lowest BCUT2D eigenvalue weighted by Gasteiger charge is -2.39. The summed E-state index contributed by atoms with van der Waals surface area (Å²) in [5, 5.41) is 3.90. The molecule has 0 unspecified atom stereocenters. The summed E-state index contributed by atoms with van der Waals surface area (Å²) in [6.45, 7) is 13.5. The van der Waals surface area contributed by atoms with Crippen molar-refractivity contribution in [1.29, 1.82) is 0 Å². The average Bonchev–Trinajstić information content (AvgIpc) is 2.75. The van der Waals surface area contributed by atoms with Crippen LogP contribution >= 0.6 is 0 Å². The summed E-state index contributed by atoms with van der Waals surface area (Å²) in [5.74, 6) is 0. The molecule has 1 N–H and O–H groups in total. The minimum absolute atomic E-state index is 0.0161. The Kier molecular flexibility index (Phi) is 5.01. The SMILES string of the molecule is C[C@@H](c1ccncc1)N1CCC(N[C@@H]2CC(C)(C)OC2(C)C)CC1. The van der Waals surface area contributed by atoms with Gasteiger partial charge in [-0.05, 0) is 71.6 Å². The number of nitrogens with zero attached hydrogens (tertiary/aromatic N) is 2. The molecule has 134 valence electrons. The zero-order valence-electron chi connectivity index (χ0n) is 15.9. The molecule has 1 aromatic heterocycles. The lowest BCUT2D eigenvalue weighted by atomic mass is 9.92. The highest BCUT2D eigenvalue weighted by Crippen LogP contribution is 2.38. The van der Waals surface area contributed by atoms with E-state index in [-0.39, 0.29) is 11.2 Å². The van der Waals surface area contributed by atoms with Crippen LogP contribution in [0.5, 0.6) is 0 Å². The molecule has 0 amide bonds. The molecule has 24 heavy (non-hydrogen) atoms. The fraction of sp³-hybridized carbons (Fsp3) is 0.750. The van der Waals surface area contributed by atoms with Gasteiger partial charge in [-0.3, -0.25) is 9.88 Å². The zero-order chi connectivity index (χ0) is 17.4. The van der Waals surface area contributed by atoms with Crippen molar-refractivity contribution in [1.82, 2.24) is 15.2 Å². The molecule has 3 rings (SSSR count). The third-order valence-electron chi connectivity index (χ3n) is 5.78. The van der Waals surface area contributed by atoms with Crippen LogP contribution in [-0.4, -0.2) is 46.3 Å². The second kappa shape index (κ2) is 6.74. The maximum atomic E-state index is 6.23. The molecular formula is C20H33N3O. The van der Waals surface area contributed by atoms with Crippen molar-refractivity contribution in [2.24, 2.45) is 0 Å². The van der Waals surface area contributed by atoms with Crippen molar-refractivity contribution >= 4 is 0 Å². The standard InChI is InChI=1S/C20H33N3O/c1-15(16-6-10-21-11-7-16)23-12-8-17(9-13-23)22-18-14-19(2,3)24-20(18,4)5/h6-7,10-11,15,17-18,22H,8-9,12-14H2,1-5H3/t15-,18+/m0/s1. The van der Waals surface area contributed by atoms with E-state index in [1.165, 1.54) is 18.4 Å². The normalized spacial score (nSPS) is 28.8. The number of piperidine rings is 1. The Morgan fingerprint density at radius 2 is 1.79 bits per heavy atom. The van der Waals surface area contributed by atoms with Crippen molar-refractivity contribution in [3.05, 3.63) is 30.1 Å². The summed E-state index contributed by atoms with van der Waals surface area (Å²) in [6.07, 6.45) is 7.30. The van der Waals surface area contributed by atoms with Gasteiger partial charge in [0.05, 0.1) is 11.2 Å². The molecule has 2 fully saturated rings. The van der Waals surface area contributed by atoms with Crippen LogP contribution in [0.25, 0.3) is 0 Å². The van der Waals surface area contributed by atoms with Crippen LogP contribution in [0.1, 0.15) is 65.5 Å². The second-order valence-electron chi connectivity index (χ2n) is 8.66. The van der Waals surface area contributed by atoms with Crippen LogP contribution in [0.3, 0.4) is 0 Å². The third-order valence-corrected chi connectivity index (χ3v) is 5.78. The molecule has 0 radical (unpaired) electrons. The maximum Gasteiger partial charge on any atom is 0.0787 e. The largest absolute Gasteiger partial charge is 0.368 e. The Labute approximate surface area is 147 Å². The van der Waals surface area contributed by atoms with E-state index >= 15 is 0 Å². The van der Waals surface area contributed by atoms with Gasteiger partial charge in [0.15, 0.2) is 0 Å². The van der Waals surface area contributed by atoms with Gasteiger partial charge < -0.3 is 10.1 Å². The summed E-state index contributed by atoms with van der Waals surface area (Å²) in [6, 6.07) is 5.79. The second-order valence-corrected chi connectivity index (χ2v) is 8.66. The Morgan fingerprint density at radius 3 is 2.33 bits per heavy atom. The van der Waals surface area contributed by atoms with E-state index in [2.05, 4.69) is 62.0 Å². The Hall–Kier alpha value is -0.970. The lowest BCUT2D eigenvalue weighted by Crippen LogP contribution is -2.51. The number of aromatic nitrogens is 1. The summed E-state index contributed by atoms with van der Waals surface area (Å²) >= 11 is 0. The van der Waals surface area contributed by atoms with E-state index in [9.17, 15) is 0 Å². The van der Waals surface area contributed by atoms with Gasteiger partial charge in [0.2, 0.25) is 0 Å². The minimum atomic E-state index is -0.0784. The fourth-order valence-corrected chi connectivity index (χ4v) is 4.41. The highest BCUT2D eigenvalue weighted by molar-refractivity contribution is 5.14. The van der Waals surface area contributed by atoms with Crippen molar-refractivity contribution in [2.75, 3.05) is 13.1 Å². The summed E-state index contributed by atoms with van der Waals surface area (Å²) in [4.78, 5) is 6.72. The average molecular weight is 332 g/mol. The van der Waals surface area contributed by atoms with Gasteiger partial charge in [-0.2, -0.15) is 0 Å². The van der Waals surface area contributed by atoms with Crippen LogP contribution in [0, 0.1) is 0 Å². The smallest absolute Gasteiger partial charge is 0.0787 e. The maximum absolute atomic E-state index is 6.23. The first-order chi connectivity index (χ1) is 11.3. The van der Waals surface area contributed by atoms with Crippen molar-refractivity contribution in [2.45, 2.75) is 83.2 Å². The van der Waals surface area contributed by atoms with E-state index in [0.717, 1.165) is 19.5 Å². The summed E-state index contributed by atoms with van der Waals surface area (Å²) < 4.78 is 6.23. The fourth-order valence-electron chi connectivity index (χ4n) is 4.41. The molecule has 0 aromatic carbocycles. The molecule has 0 saturated carbocycles. The number of pyridine rings is 1. The van der Waals surface area contributed by atoms with Crippen molar-refractivity contribution in [3.8, 4) is 0 Å². The molecule has 0 bridgehead atoms. The Balaban J connectivity index is 1.52. The van der Waals surface area contributed by atoms with Gasteiger partial charge >= 0.3 is 0 Å². The molecule has 2 saturated heterocycles. The van der Waals surface area contributed by atoms with Gasteiger partial charge in [0.25, 0.3) is 0 Å². The third kappa shape index (κ3) is 3.98. The first kappa shape index (κ1) is 17.8. The number of ether oxygens (including phenoxy) is 1. The van der Waals surface area contributed by atoms with Gasteiger partial charge in [-0.1, -0.05) is 0 Å². The molecule has 0 spiro atoms. The topological polar surface area (TPSA) is 37.4 Å². The summed E-state index contributed by atoms with van der Waals surface area (Å²) in [5.41, 5.74) is 1.27. The van der Waals surface area contributed by atoms with Crippen molar-refractivity contribution < 1.29 is 4.74 Å². The Bertz CT molecular complexity index is 535. The molecule has 4 nitrogen and oxygen atoms in total. The van der Waals surface area contributed by atoms with E-state index in [0.29, 0.717) is 18.1 Å². The van der Waals surface area contributed by atoms with Crippen LogP contribution in [0.2, 0.25) is 0 Å². The lowest BCUT2D eigenvalue weighted by molar-refractivity contribution is -0.0709. The van der Waals surface area contributed by atoms with E-state index in [1.807, 2.05) is 12.4 Å². The molecule has 4 heteroatoms. The summed E-state index contributed by atoms with van der Waals surface area (Å²) in [7, 11) is 0. The predicted octanol–water partition coefficient (Wildman–Crippen LogP) is 3.54. The van der Waals surface area contributed by atoms with E-state index < -0.39 is 0 Å².